The van der Waals surface area contributed by atoms with Gasteiger partial charge in [-0.1, -0.05) is 143 Å². The SMILES string of the molecule is CC/C=C\C/C=C\C/C=C\C/C=C\CCCCCCCOCC(COP(=O)([O-])OCC[N+](C)(C)C)OC(=O)CCCCCC/C=C\C/C=C\C/C=C\C/C=C\CC. The van der Waals surface area contributed by atoms with E-state index in [4.69, 9.17) is 18.5 Å². The summed E-state index contributed by atoms with van der Waals surface area (Å²) in [7, 11) is 1.31. The number of quaternary nitrogens is 1. The molecule has 0 N–H and O–H groups in total. The van der Waals surface area contributed by atoms with Gasteiger partial charge in [0.2, 0.25) is 0 Å². The van der Waals surface area contributed by atoms with E-state index in [1.807, 2.05) is 21.1 Å². The van der Waals surface area contributed by atoms with Crippen LogP contribution >= 0.6 is 7.82 Å². The fourth-order valence-electron chi connectivity index (χ4n) is 5.29. The Bertz CT molecular complexity index is 1230. The third-order valence-electron chi connectivity index (χ3n) is 8.63. The topological polar surface area (TPSA) is 94.1 Å². The average molecular weight is 816 g/mol. The van der Waals surface area contributed by atoms with Crippen LogP contribution in [0.1, 0.15) is 142 Å². The summed E-state index contributed by atoms with van der Waals surface area (Å²) in [6.07, 6.45) is 54.2. The van der Waals surface area contributed by atoms with Gasteiger partial charge >= 0.3 is 5.97 Å². The first-order valence-electron chi connectivity index (χ1n) is 22.0. The fourth-order valence-corrected chi connectivity index (χ4v) is 6.02. The van der Waals surface area contributed by atoms with E-state index in [2.05, 4.69) is 111 Å². The Morgan fingerprint density at radius 1 is 0.544 bits per heavy atom. The minimum absolute atomic E-state index is 0.0109. The zero-order chi connectivity index (χ0) is 42.0. The highest BCUT2D eigenvalue weighted by Crippen LogP contribution is 2.38. The van der Waals surface area contributed by atoms with Gasteiger partial charge in [0.25, 0.3) is 7.82 Å². The maximum absolute atomic E-state index is 12.7. The van der Waals surface area contributed by atoms with E-state index < -0.39 is 13.9 Å². The van der Waals surface area contributed by atoms with E-state index in [-0.39, 0.29) is 32.2 Å². The van der Waals surface area contributed by atoms with Gasteiger partial charge in [0.1, 0.15) is 19.3 Å². The zero-order valence-corrected chi connectivity index (χ0v) is 37.6. The normalized spacial score (nSPS) is 14.7. The zero-order valence-electron chi connectivity index (χ0n) is 36.7. The Hall–Kier alpha value is -2.58. The third-order valence-corrected chi connectivity index (χ3v) is 9.59. The first kappa shape index (κ1) is 54.4. The Labute approximate surface area is 349 Å². The Morgan fingerprint density at radius 3 is 1.44 bits per heavy atom. The fraction of sp³-hybridized carbons (Fsp3) is 0.646. The molecule has 9 heteroatoms. The lowest BCUT2D eigenvalue weighted by Gasteiger charge is -2.28. The number of allylic oxidation sites excluding steroid dienone is 16. The number of rotatable bonds is 39. The van der Waals surface area contributed by atoms with Crippen molar-refractivity contribution >= 4 is 13.8 Å². The summed E-state index contributed by atoms with van der Waals surface area (Å²) < 4.78 is 34.5. The Morgan fingerprint density at radius 2 is 0.965 bits per heavy atom. The summed E-state index contributed by atoms with van der Waals surface area (Å²) in [5.74, 6) is -0.369. The molecule has 0 fully saturated rings. The lowest BCUT2D eigenvalue weighted by molar-refractivity contribution is -0.870. The number of hydrogen-bond donors (Lipinski definition) is 0. The van der Waals surface area contributed by atoms with Crippen molar-refractivity contribution in [3.8, 4) is 0 Å². The predicted molar refractivity (Wildman–Crippen MR) is 240 cm³/mol. The first-order valence-corrected chi connectivity index (χ1v) is 23.4. The van der Waals surface area contributed by atoms with Crippen molar-refractivity contribution in [1.29, 1.82) is 0 Å². The van der Waals surface area contributed by atoms with Crippen LogP contribution in [-0.4, -0.2) is 70.7 Å². The van der Waals surface area contributed by atoms with Crippen LogP contribution in [-0.2, 0) is 27.9 Å². The number of phosphoric ester groups is 1. The predicted octanol–water partition coefficient (Wildman–Crippen LogP) is 12.4. The minimum atomic E-state index is -4.55. The van der Waals surface area contributed by atoms with E-state index in [1.165, 1.54) is 12.8 Å². The van der Waals surface area contributed by atoms with Crippen molar-refractivity contribution in [2.75, 3.05) is 54.1 Å². The molecule has 0 aliphatic rings. The van der Waals surface area contributed by atoms with Gasteiger partial charge in [0.15, 0.2) is 0 Å². The van der Waals surface area contributed by atoms with E-state index in [0.717, 1.165) is 109 Å². The number of hydrogen-bond acceptors (Lipinski definition) is 7. The summed E-state index contributed by atoms with van der Waals surface area (Å²) in [4.78, 5) is 25.1. The van der Waals surface area contributed by atoms with Gasteiger partial charge in [-0.2, -0.15) is 0 Å². The maximum Gasteiger partial charge on any atom is 0.306 e. The van der Waals surface area contributed by atoms with Gasteiger partial charge in [0.05, 0.1) is 34.4 Å². The highest BCUT2D eigenvalue weighted by atomic mass is 31.2. The minimum Gasteiger partial charge on any atom is -0.756 e. The lowest BCUT2D eigenvalue weighted by Crippen LogP contribution is -2.37. The number of phosphoric acid groups is 1. The van der Waals surface area contributed by atoms with Crippen molar-refractivity contribution in [2.45, 2.75) is 148 Å². The molecule has 0 spiro atoms. The molecule has 2 atom stereocenters. The second-order valence-electron chi connectivity index (χ2n) is 15.3. The molecule has 8 nitrogen and oxygen atoms in total. The van der Waals surface area contributed by atoms with E-state index in [9.17, 15) is 14.3 Å². The maximum atomic E-state index is 12.7. The van der Waals surface area contributed by atoms with Gasteiger partial charge in [-0.25, -0.2) is 0 Å². The summed E-state index contributed by atoms with van der Waals surface area (Å²) >= 11 is 0. The van der Waals surface area contributed by atoms with E-state index >= 15 is 0 Å². The first-order chi connectivity index (χ1) is 27.6. The third kappa shape index (κ3) is 44.4. The molecule has 0 saturated heterocycles. The average Bonchev–Trinajstić information content (AvgIpc) is 3.16. The van der Waals surface area contributed by atoms with Gasteiger partial charge in [-0.3, -0.25) is 9.36 Å². The summed E-state index contributed by atoms with van der Waals surface area (Å²) in [5.41, 5.74) is 0. The number of unbranched alkanes of at least 4 members (excludes halogenated alkanes) is 9. The molecule has 0 aromatic heterocycles. The molecule has 2 unspecified atom stereocenters. The van der Waals surface area contributed by atoms with Crippen LogP contribution < -0.4 is 4.89 Å². The molecule has 57 heavy (non-hydrogen) atoms. The van der Waals surface area contributed by atoms with Gasteiger partial charge in [-0.05, 0) is 89.9 Å². The van der Waals surface area contributed by atoms with Crippen molar-refractivity contribution in [3.05, 3.63) is 97.2 Å². The lowest BCUT2D eigenvalue weighted by atomic mass is 10.1. The largest absolute Gasteiger partial charge is 0.756 e. The molecular weight excluding hydrogens is 734 g/mol. The number of likely N-dealkylation sites (N-methyl/N-ethyl adjacent to an activating group) is 1. The van der Waals surface area contributed by atoms with Gasteiger partial charge in [-0.15, -0.1) is 0 Å². The van der Waals surface area contributed by atoms with Crippen LogP contribution in [0.3, 0.4) is 0 Å². The van der Waals surface area contributed by atoms with Gasteiger partial charge in [0, 0.05) is 13.0 Å². The highest BCUT2D eigenvalue weighted by Gasteiger charge is 2.20. The molecule has 0 saturated carbocycles. The standard InChI is InChI=1S/C48H82NO7P/c1-6-8-10-12-14-16-18-20-22-24-26-28-30-32-34-36-38-40-43-53-45-47(46-55-57(51,52)54-44-42-49(3,4)5)56-48(50)41-39-37-35-33-31-29-27-25-23-21-19-17-15-13-11-9-7-2/h8-11,14-17,20-23,26-29,47H,6-7,12-13,18-19,24-25,30-46H2,1-5H3/b10-8-,11-9-,16-14-,17-15-,22-20-,23-21-,28-26-,29-27-. The molecule has 0 aromatic rings. The molecule has 0 heterocycles. The monoisotopic (exact) mass is 816 g/mol. The quantitative estimate of drug-likeness (QED) is 0.0200. The van der Waals surface area contributed by atoms with Crippen molar-refractivity contribution < 1.29 is 37.3 Å². The molecule has 0 bridgehead atoms. The highest BCUT2D eigenvalue weighted by molar-refractivity contribution is 7.45. The number of carbonyl (C=O) groups is 1. The molecule has 0 aliphatic heterocycles. The molecule has 0 aliphatic carbocycles. The van der Waals surface area contributed by atoms with Crippen molar-refractivity contribution in [3.63, 3.8) is 0 Å². The Balaban J connectivity index is 4.35. The van der Waals surface area contributed by atoms with E-state index in [0.29, 0.717) is 17.6 Å². The molecule has 0 aromatic carbocycles. The molecule has 0 rings (SSSR count). The summed E-state index contributed by atoms with van der Waals surface area (Å²) in [6, 6.07) is 0. The smallest absolute Gasteiger partial charge is 0.306 e. The van der Waals surface area contributed by atoms with E-state index in [1.54, 1.807) is 0 Å². The van der Waals surface area contributed by atoms with Crippen LogP contribution in [0.5, 0.6) is 0 Å². The van der Waals surface area contributed by atoms with Crippen LogP contribution in [0.2, 0.25) is 0 Å². The molecular formula is C48H82NO7P. The van der Waals surface area contributed by atoms with Crippen molar-refractivity contribution in [1.82, 2.24) is 0 Å². The van der Waals surface area contributed by atoms with Crippen LogP contribution in [0, 0.1) is 0 Å². The second kappa shape index (κ2) is 40.2. The summed E-state index contributed by atoms with van der Waals surface area (Å²) in [5, 5.41) is 0. The number of carbonyl (C=O) groups excluding carboxylic acids is 1. The summed E-state index contributed by atoms with van der Waals surface area (Å²) in [6.45, 7) is 5.07. The molecule has 0 radical (unpaired) electrons. The van der Waals surface area contributed by atoms with Crippen LogP contribution in [0.15, 0.2) is 97.2 Å². The molecule has 326 valence electrons. The van der Waals surface area contributed by atoms with Crippen molar-refractivity contribution in [2.24, 2.45) is 0 Å². The molecule has 0 amide bonds. The Kier molecular flexibility index (Phi) is 38.4. The number of ether oxygens (including phenoxy) is 2. The van der Waals surface area contributed by atoms with Crippen LogP contribution in [0.25, 0.3) is 0 Å². The van der Waals surface area contributed by atoms with Gasteiger partial charge < -0.3 is 27.9 Å². The second-order valence-corrected chi connectivity index (χ2v) is 16.7. The number of esters is 1. The number of nitrogens with zero attached hydrogens (tertiary/aromatic N) is 1. The van der Waals surface area contributed by atoms with Crippen LogP contribution in [0.4, 0.5) is 0 Å².